The zero-order chi connectivity index (χ0) is 38.8. The van der Waals surface area contributed by atoms with Crippen molar-refractivity contribution >= 4 is 23.4 Å². The molecular formula is C45H54ClN3O6. The Bertz CT molecular complexity index is 1840. The summed E-state index contributed by atoms with van der Waals surface area (Å²) in [6.45, 7) is 6.92. The number of amides is 2. The summed E-state index contributed by atoms with van der Waals surface area (Å²) in [5, 5.41) is 27.7. The molecule has 0 bridgehead atoms. The molecule has 10 heteroatoms. The first-order chi connectivity index (χ1) is 26.6. The number of benzene rings is 4. The lowest BCUT2D eigenvalue weighted by Gasteiger charge is -2.45. The van der Waals surface area contributed by atoms with Crippen molar-refractivity contribution < 1.29 is 29.3 Å². The van der Waals surface area contributed by atoms with E-state index in [1.165, 1.54) is 6.92 Å². The van der Waals surface area contributed by atoms with Gasteiger partial charge in [0.15, 0.2) is 6.29 Å². The van der Waals surface area contributed by atoms with E-state index in [1.54, 1.807) is 0 Å². The molecule has 2 aliphatic rings. The van der Waals surface area contributed by atoms with E-state index in [0.717, 1.165) is 71.3 Å². The molecule has 9 nitrogen and oxygen atoms in total. The SMILES string of the molecule is CC(=O)NCCCCCC(=O)NCc1ccccc1-c1ccc([C@@H]2O[C@H](CN3CCC(O)(c4ccc(Cl)cc4)CC3)[C@H](C)[C@H](c3ccc(CO)cc3)O2)cc1. The van der Waals surface area contributed by atoms with Crippen LogP contribution < -0.4 is 10.6 Å². The molecule has 55 heavy (non-hydrogen) atoms. The molecule has 2 saturated heterocycles. The number of unbranched alkanes of at least 4 members (excludes halogenated alkanes) is 2. The second kappa shape index (κ2) is 19.2. The van der Waals surface area contributed by atoms with Crippen molar-refractivity contribution in [3.05, 3.63) is 130 Å². The van der Waals surface area contributed by atoms with E-state index in [9.17, 15) is 19.8 Å². The minimum Gasteiger partial charge on any atom is -0.392 e. The predicted octanol–water partition coefficient (Wildman–Crippen LogP) is 7.59. The van der Waals surface area contributed by atoms with Crippen LogP contribution >= 0.6 is 11.6 Å². The monoisotopic (exact) mass is 767 g/mol. The van der Waals surface area contributed by atoms with Crippen LogP contribution in [0, 0.1) is 5.92 Å². The van der Waals surface area contributed by atoms with E-state index in [4.69, 9.17) is 21.1 Å². The molecule has 0 saturated carbocycles. The summed E-state index contributed by atoms with van der Waals surface area (Å²) in [6.07, 6.45) is 3.25. The molecule has 0 aromatic heterocycles. The van der Waals surface area contributed by atoms with Crippen molar-refractivity contribution in [1.29, 1.82) is 0 Å². The Balaban J connectivity index is 1.12. The molecular weight excluding hydrogens is 714 g/mol. The number of carbonyl (C=O) groups is 2. The lowest BCUT2D eigenvalue weighted by atomic mass is 9.84. The number of hydrogen-bond acceptors (Lipinski definition) is 7. The largest absolute Gasteiger partial charge is 0.392 e. The fourth-order valence-electron chi connectivity index (χ4n) is 7.65. The number of halogens is 1. The van der Waals surface area contributed by atoms with Crippen molar-refractivity contribution in [2.24, 2.45) is 5.92 Å². The van der Waals surface area contributed by atoms with Crippen LogP contribution in [0.25, 0.3) is 11.1 Å². The van der Waals surface area contributed by atoms with Crippen LogP contribution in [0.3, 0.4) is 0 Å². The highest BCUT2D eigenvalue weighted by atomic mass is 35.5. The van der Waals surface area contributed by atoms with Crippen molar-refractivity contribution in [3.8, 4) is 11.1 Å². The minimum atomic E-state index is -0.884. The Labute approximate surface area is 330 Å². The van der Waals surface area contributed by atoms with Crippen LogP contribution in [0.2, 0.25) is 5.02 Å². The maximum absolute atomic E-state index is 12.6. The van der Waals surface area contributed by atoms with Crippen LogP contribution in [0.4, 0.5) is 0 Å². The van der Waals surface area contributed by atoms with Gasteiger partial charge in [-0.15, -0.1) is 0 Å². The molecule has 2 fully saturated rings. The number of piperidine rings is 1. The first kappa shape index (κ1) is 40.6. The number of ether oxygens (including phenoxy) is 2. The highest BCUT2D eigenvalue weighted by Crippen LogP contribution is 2.43. The molecule has 4 aromatic rings. The number of rotatable bonds is 15. The summed E-state index contributed by atoms with van der Waals surface area (Å²) in [5.74, 6) is 0.0250. The fraction of sp³-hybridized carbons (Fsp3) is 0.422. The average Bonchev–Trinajstić information content (AvgIpc) is 3.20. The van der Waals surface area contributed by atoms with E-state index in [1.807, 2.05) is 66.7 Å². The molecule has 4 atom stereocenters. The first-order valence-corrected chi connectivity index (χ1v) is 19.9. The standard InChI is InChI=1S/C45H54ClN3O6/c1-31-41(29-49-26-23-45(53,24-27-49)38-19-21-39(46)22-20-38)54-44(55-43(31)35-13-11-33(30-50)12-14-35)36-17-15-34(16-18-36)40-9-6-5-8-37(40)28-48-42(52)10-4-3-7-25-47-32(2)51/h5-6,8-9,11-22,31,41,43-44,50,53H,3-4,7,10,23-30H2,1-2H3,(H,47,51)(H,48,52)/t31-,41+,43+,44+/m0/s1. The van der Waals surface area contributed by atoms with Crippen molar-refractivity contribution in [2.45, 2.75) is 89.6 Å². The Hall–Kier alpha value is -4.09. The summed E-state index contributed by atoms with van der Waals surface area (Å²) in [5.41, 5.74) is 5.93. The average molecular weight is 768 g/mol. The van der Waals surface area contributed by atoms with E-state index in [-0.39, 0.29) is 36.5 Å². The number of hydrogen-bond donors (Lipinski definition) is 4. The van der Waals surface area contributed by atoms with Crippen molar-refractivity contribution in [3.63, 3.8) is 0 Å². The number of nitrogens with one attached hydrogen (secondary N) is 2. The van der Waals surface area contributed by atoms with Gasteiger partial charge in [0, 0.05) is 62.6 Å². The molecule has 0 spiro atoms. The van der Waals surface area contributed by atoms with E-state index in [2.05, 4.69) is 52.8 Å². The van der Waals surface area contributed by atoms with Crippen LogP contribution in [0.15, 0.2) is 97.1 Å². The van der Waals surface area contributed by atoms with Crippen molar-refractivity contribution in [2.75, 3.05) is 26.2 Å². The van der Waals surface area contributed by atoms with Gasteiger partial charge in [-0.1, -0.05) is 110 Å². The molecule has 2 amide bonds. The molecule has 4 aromatic carbocycles. The van der Waals surface area contributed by atoms with Gasteiger partial charge >= 0.3 is 0 Å². The third-order valence-corrected chi connectivity index (χ3v) is 11.3. The maximum Gasteiger partial charge on any atom is 0.220 e. The third-order valence-electron chi connectivity index (χ3n) is 11.1. The highest BCUT2D eigenvalue weighted by molar-refractivity contribution is 6.30. The van der Waals surface area contributed by atoms with Gasteiger partial charge in [0.2, 0.25) is 11.8 Å². The van der Waals surface area contributed by atoms with Gasteiger partial charge in [-0.2, -0.15) is 0 Å². The minimum absolute atomic E-state index is 0.0161. The molecule has 4 N–H and O–H groups in total. The van der Waals surface area contributed by atoms with Gasteiger partial charge in [0.05, 0.1) is 24.4 Å². The summed E-state index contributed by atoms with van der Waals surface area (Å²) in [4.78, 5) is 26.0. The molecule has 2 aliphatic heterocycles. The van der Waals surface area contributed by atoms with Gasteiger partial charge in [-0.25, -0.2) is 0 Å². The number of likely N-dealkylation sites (tertiary alicyclic amines) is 1. The number of aliphatic hydroxyl groups is 2. The molecule has 292 valence electrons. The fourth-order valence-corrected chi connectivity index (χ4v) is 7.77. The Morgan fingerprint density at radius 2 is 1.55 bits per heavy atom. The Morgan fingerprint density at radius 1 is 0.855 bits per heavy atom. The molecule has 2 heterocycles. The normalized spacial score (nSPS) is 21.2. The Kier molecular flexibility index (Phi) is 14.1. The van der Waals surface area contributed by atoms with Gasteiger partial charge in [0.1, 0.15) is 0 Å². The predicted molar refractivity (Wildman–Crippen MR) is 215 cm³/mol. The zero-order valence-corrected chi connectivity index (χ0v) is 32.6. The maximum atomic E-state index is 12.6. The van der Waals surface area contributed by atoms with Crippen LogP contribution in [0.1, 0.15) is 92.6 Å². The number of nitrogens with zero attached hydrogens (tertiary/aromatic N) is 1. The van der Waals surface area contributed by atoms with Crippen molar-refractivity contribution in [1.82, 2.24) is 15.5 Å². The van der Waals surface area contributed by atoms with E-state index in [0.29, 0.717) is 43.9 Å². The summed E-state index contributed by atoms with van der Waals surface area (Å²) in [7, 11) is 0. The number of carbonyl (C=O) groups excluding carboxylic acids is 2. The van der Waals surface area contributed by atoms with Crippen LogP contribution in [0.5, 0.6) is 0 Å². The lowest BCUT2D eigenvalue weighted by Crippen LogP contribution is -2.49. The van der Waals surface area contributed by atoms with Gasteiger partial charge < -0.3 is 35.2 Å². The van der Waals surface area contributed by atoms with Gasteiger partial charge in [-0.3, -0.25) is 9.59 Å². The van der Waals surface area contributed by atoms with Gasteiger partial charge in [-0.05, 0) is 71.2 Å². The smallest absolute Gasteiger partial charge is 0.220 e. The first-order valence-electron chi connectivity index (χ1n) is 19.5. The van der Waals surface area contributed by atoms with E-state index < -0.39 is 11.9 Å². The van der Waals surface area contributed by atoms with Crippen LogP contribution in [-0.2, 0) is 37.8 Å². The van der Waals surface area contributed by atoms with E-state index >= 15 is 0 Å². The van der Waals surface area contributed by atoms with Crippen LogP contribution in [-0.4, -0.2) is 59.2 Å². The second-order valence-electron chi connectivity index (χ2n) is 15.0. The zero-order valence-electron chi connectivity index (χ0n) is 31.9. The molecule has 0 unspecified atom stereocenters. The topological polar surface area (TPSA) is 120 Å². The third kappa shape index (κ3) is 10.8. The van der Waals surface area contributed by atoms with Gasteiger partial charge in [0.25, 0.3) is 0 Å². The molecule has 0 radical (unpaired) electrons. The highest BCUT2D eigenvalue weighted by Gasteiger charge is 2.41. The lowest BCUT2D eigenvalue weighted by molar-refractivity contribution is -0.277. The molecule has 6 rings (SSSR count). The summed E-state index contributed by atoms with van der Waals surface area (Å²) >= 11 is 6.11. The molecule has 0 aliphatic carbocycles. The Morgan fingerprint density at radius 3 is 2.24 bits per heavy atom. The second-order valence-corrected chi connectivity index (χ2v) is 15.4. The quantitative estimate of drug-likeness (QED) is 0.0921. The number of aliphatic hydroxyl groups excluding tert-OH is 1. The summed E-state index contributed by atoms with van der Waals surface area (Å²) < 4.78 is 13.5. The summed E-state index contributed by atoms with van der Waals surface area (Å²) in [6, 6.07) is 31.8.